The van der Waals surface area contributed by atoms with E-state index >= 15 is 0 Å². The molecule has 0 amide bonds. The van der Waals surface area contributed by atoms with Crippen LogP contribution in [0.3, 0.4) is 0 Å². The van der Waals surface area contributed by atoms with Crippen molar-refractivity contribution in [1.82, 2.24) is 15.0 Å². The molecule has 1 aromatic carbocycles. The molecule has 0 radical (unpaired) electrons. The number of carbonyl (C=O) groups excluding carboxylic acids is 1. The van der Waals surface area contributed by atoms with Gasteiger partial charge >= 0.3 is 5.97 Å². The highest BCUT2D eigenvalue weighted by Crippen LogP contribution is 2.59. The number of nitrogens with zero attached hydrogens (tertiary/aromatic N) is 3. The molecule has 5 nitrogen and oxygen atoms in total. The summed E-state index contributed by atoms with van der Waals surface area (Å²) in [6.07, 6.45) is 7.47. The van der Waals surface area contributed by atoms with Crippen molar-refractivity contribution >= 4 is 5.97 Å². The Morgan fingerprint density at radius 3 is 2.85 bits per heavy atom. The molecule has 0 spiro atoms. The fourth-order valence-electron chi connectivity index (χ4n) is 4.30. The van der Waals surface area contributed by atoms with Gasteiger partial charge in [-0.15, -0.1) is 0 Å². The Morgan fingerprint density at radius 2 is 2.12 bits per heavy atom. The summed E-state index contributed by atoms with van der Waals surface area (Å²) in [7, 11) is 0. The van der Waals surface area contributed by atoms with Gasteiger partial charge in [0.25, 0.3) is 0 Å². The minimum absolute atomic E-state index is 0.156. The van der Waals surface area contributed by atoms with Crippen molar-refractivity contribution in [2.24, 2.45) is 17.3 Å². The number of hydrogen-bond donors (Lipinski definition) is 0. The van der Waals surface area contributed by atoms with Gasteiger partial charge in [-0.1, -0.05) is 43.7 Å². The van der Waals surface area contributed by atoms with E-state index in [2.05, 4.69) is 30.1 Å². The van der Waals surface area contributed by atoms with Crippen LogP contribution in [0.5, 0.6) is 0 Å². The van der Waals surface area contributed by atoms with E-state index in [1.807, 2.05) is 30.3 Å². The van der Waals surface area contributed by atoms with Crippen LogP contribution in [0, 0.1) is 17.3 Å². The van der Waals surface area contributed by atoms with Crippen molar-refractivity contribution in [2.75, 3.05) is 6.61 Å². The van der Waals surface area contributed by atoms with Crippen molar-refractivity contribution in [3.63, 3.8) is 0 Å². The van der Waals surface area contributed by atoms with Crippen LogP contribution in [0.15, 0.2) is 48.2 Å². The second-order valence-corrected chi connectivity index (χ2v) is 7.93. The molecule has 3 aliphatic carbocycles. The number of rotatable bonds is 6. The van der Waals surface area contributed by atoms with Crippen LogP contribution in [-0.2, 0) is 16.0 Å². The average molecular weight is 351 g/mol. The number of allylic oxidation sites excluding steroid dienone is 1. The van der Waals surface area contributed by atoms with E-state index in [1.165, 1.54) is 23.2 Å². The van der Waals surface area contributed by atoms with E-state index in [1.54, 1.807) is 6.20 Å². The molecule has 0 aliphatic heterocycles. The predicted molar refractivity (Wildman–Crippen MR) is 98.7 cm³/mol. The number of hydrogen-bond acceptors (Lipinski definition) is 4. The molecule has 1 saturated carbocycles. The van der Waals surface area contributed by atoms with E-state index in [0.29, 0.717) is 23.6 Å². The molecule has 0 unspecified atom stereocenters. The van der Waals surface area contributed by atoms with Gasteiger partial charge in [0.05, 0.1) is 30.6 Å². The van der Waals surface area contributed by atoms with Gasteiger partial charge in [-0.3, -0.25) is 4.79 Å². The van der Waals surface area contributed by atoms with Crippen LogP contribution in [0.4, 0.5) is 0 Å². The molecule has 5 heteroatoms. The van der Waals surface area contributed by atoms with E-state index in [0.717, 1.165) is 18.0 Å². The number of para-hydroxylation sites is 1. The number of aromatic nitrogens is 3. The maximum absolute atomic E-state index is 12.1. The molecule has 26 heavy (non-hydrogen) atoms. The zero-order chi connectivity index (χ0) is 18.1. The average Bonchev–Trinajstić information content (AvgIpc) is 3.11. The highest BCUT2D eigenvalue weighted by atomic mass is 16.5. The van der Waals surface area contributed by atoms with Gasteiger partial charge in [-0.2, -0.15) is 15.0 Å². The number of esters is 1. The lowest BCUT2D eigenvalue weighted by atomic mass is 9.48. The van der Waals surface area contributed by atoms with Crippen molar-refractivity contribution < 1.29 is 9.53 Å². The lowest BCUT2D eigenvalue weighted by Crippen LogP contribution is -2.48. The summed E-state index contributed by atoms with van der Waals surface area (Å²) in [5.74, 6) is 1.27. The molecule has 5 rings (SSSR count). The second-order valence-electron chi connectivity index (χ2n) is 7.93. The molecule has 0 saturated heterocycles. The third-order valence-electron chi connectivity index (χ3n) is 6.09. The molecular weight excluding hydrogens is 326 g/mol. The third-order valence-corrected chi connectivity index (χ3v) is 6.09. The van der Waals surface area contributed by atoms with E-state index < -0.39 is 0 Å². The molecule has 1 heterocycles. The van der Waals surface area contributed by atoms with Crippen LogP contribution in [0.2, 0.25) is 0 Å². The van der Waals surface area contributed by atoms with Crippen molar-refractivity contribution in [3.05, 3.63) is 53.9 Å². The quantitative estimate of drug-likeness (QED) is 0.588. The fourth-order valence-corrected chi connectivity index (χ4v) is 4.30. The minimum Gasteiger partial charge on any atom is -0.465 e. The van der Waals surface area contributed by atoms with E-state index in [9.17, 15) is 4.79 Å². The number of ether oxygens (including phenoxy) is 1. The Morgan fingerprint density at radius 1 is 1.31 bits per heavy atom. The largest absolute Gasteiger partial charge is 0.465 e. The highest BCUT2D eigenvalue weighted by molar-refractivity contribution is 5.71. The first-order valence-electron chi connectivity index (χ1n) is 9.35. The van der Waals surface area contributed by atoms with Gasteiger partial charge in [0.2, 0.25) is 0 Å². The van der Waals surface area contributed by atoms with Gasteiger partial charge in [0.1, 0.15) is 0 Å². The van der Waals surface area contributed by atoms with Gasteiger partial charge in [-0.05, 0) is 42.2 Å². The Balaban J connectivity index is 1.26. The normalized spacial score (nSPS) is 23.1. The highest BCUT2D eigenvalue weighted by Gasteiger charge is 2.50. The van der Waals surface area contributed by atoms with Crippen LogP contribution < -0.4 is 0 Å². The standard InChI is InChI=1S/C21H25N3O2/c1-21(2)16-9-8-15(19(21)12-16)10-11-26-20(25)13-17-14-22-24(23-17)18-6-4-3-5-7-18/h3-8,14,16,19H,9-13H2,1-2H3/t16-,19-/m0/s1. The first kappa shape index (κ1) is 17.0. The maximum Gasteiger partial charge on any atom is 0.312 e. The molecule has 136 valence electrons. The smallest absolute Gasteiger partial charge is 0.312 e. The molecule has 2 atom stereocenters. The van der Waals surface area contributed by atoms with Crippen LogP contribution >= 0.6 is 0 Å². The Kier molecular flexibility index (Phi) is 4.39. The maximum atomic E-state index is 12.1. The number of benzene rings is 1. The molecule has 1 aromatic heterocycles. The summed E-state index contributed by atoms with van der Waals surface area (Å²) in [6, 6.07) is 9.65. The Labute approximate surface area is 154 Å². The summed E-state index contributed by atoms with van der Waals surface area (Å²) < 4.78 is 5.44. The lowest BCUT2D eigenvalue weighted by molar-refractivity contribution is -0.142. The number of fused-ring (bicyclic) bond motifs is 1. The van der Waals surface area contributed by atoms with Gasteiger partial charge in [0, 0.05) is 6.42 Å². The summed E-state index contributed by atoms with van der Waals surface area (Å²) >= 11 is 0. The van der Waals surface area contributed by atoms with Crippen molar-refractivity contribution in [3.8, 4) is 5.69 Å². The molecule has 2 aromatic rings. The first-order valence-corrected chi connectivity index (χ1v) is 9.35. The second kappa shape index (κ2) is 6.71. The third kappa shape index (κ3) is 3.18. The minimum atomic E-state index is -0.243. The van der Waals surface area contributed by atoms with Gasteiger partial charge in [0.15, 0.2) is 0 Å². The summed E-state index contributed by atoms with van der Waals surface area (Å²) in [6.45, 7) is 5.18. The van der Waals surface area contributed by atoms with Gasteiger partial charge < -0.3 is 4.74 Å². The summed E-state index contributed by atoms with van der Waals surface area (Å²) in [4.78, 5) is 13.6. The molecular formula is C21H25N3O2. The van der Waals surface area contributed by atoms with Crippen LogP contribution in [0.25, 0.3) is 5.69 Å². The zero-order valence-electron chi connectivity index (χ0n) is 15.4. The van der Waals surface area contributed by atoms with Crippen LogP contribution in [-0.4, -0.2) is 27.6 Å². The Bertz CT molecular complexity index is 823. The first-order chi connectivity index (χ1) is 12.5. The van der Waals surface area contributed by atoms with Gasteiger partial charge in [-0.25, -0.2) is 0 Å². The molecule has 3 aliphatic rings. The molecule has 0 N–H and O–H groups in total. The fraction of sp³-hybridized carbons (Fsp3) is 0.476. The number of carbonyl (C=O) groups is 1. The van der Waals surface area contributed by atoms with Crippen molar-refractivity contribution in [1.29, 1.82) is 0 Å². The van der Waals surface area contributed by atoms with E-state index in [4.69, 9.17) is 4.74 Å². The summed E-state index contributed by atoms with van der Waals surface area (Å²) in [5, 5.41) is 8.56. The Hall–Kier alpha value is -2.43. The predicted octanol–water partition coefficient (Wildman–Crippen LogP) is 3.74. The molecule has 1 fully saturated rings. The van der Waals surface area contributed by atoms with E-state index in [-0.39, 0.29) is 12.4 Å². The van der Waals surface area contributed by atoms with Crippen LogP contribution in [0.1, 0.15) is 38.8 Å². The summed E-state index contributed by atoms with van der Waals surface area (Å²) in [5.41, 5.74) is 3.39. The monoisotopic (exact) mass is 351 g/mol. The topological polar surface area (TPSA) is 57.0 Å². The SMILES string of the molecule is CC1(C)[C@H]2CC=C(CCOC(=O)Cc3cnn(-c4ccccc4)n3)[C@@H]1C2. The van der Waals surface area contributed by atoms with Crippen molar-refractivity contribution in [2.45, 2.75) is 39.5 Å². The molecule has 2 bridgehead atoms. The lowest BCUT2D eigenvalue weighted by Gasteiger charge is -2.56. The zero-order valence-corrected chi connectivity index (χ0v) is 15.4.